The highest BCUT2D eigenvalue weighted by Gasteiger charge is 2.48. The fourth-order valence-corrected chi connectivity index (χ4v) is 5.67. The Morgan fingerprint density at radius 2 is 1.69 bits per heavy atom. The molecule has 1 fully saturated rings. The van der Waals surface area contributed by atoms with E-state index in [0.29, 0.717) is 37.2 Å². The predicted molar refractivity (Wildman–Crippen MR) is 179 cm³/mol. The summed E-state index contributed by atoms with van der Waals surface area (Å²) in [6.45, 7) is 4.11. The molecule has 0 spiro atoms. The van der Waals surface area contributed by atoms with Crippen LogP contribution in [0.25, 0.3) is 10.9 Å². The lowest BCUT2D eigenvalue weighted by Gasteiger charge is -2.28. The summed E-state index contributed by atoms with van der Waals surface area (Å²) in [5.74, 6) is -2.17. The third kappa shape index (κ3) is 8.60. The van der Waals surface area contributed by atoms with E-state index < -0.39 is 35.2 Å². The van der Waals surface area contributed by atoms with Gasteiger partial charge in [0.05, 0.1) is 24.9 Å². The Morgan fingerprint density at radius 3 is 2.31 bits per heavy atom. The van der Waals surface area contributed by atoms with Gasteiger partial charge in [-0.3, -0.25) is 19.9 Å². The van der Waals surface area contributed by atoms with E-state index in [4.69, 9.17) is 9.57 Å². The highest BCUT2D eigenvalue weighted by molar-refractivity contribution is 6.09. The van der Waals surface area contributed by atoms with Gasteiger partial charge in [0.15, 0.2) is 5.60 Å². The molecule has 2 atom stereocenters. The number of aryl methyl sites for hydroxylation is 1. The minimum absolute atomic E-state index is 0.130. The molecule has 1 saturated heterocycles. The van der Waals surface area contributed by atoms with E-state index in [2.05, 4.69) is 30.8 Å². The lowest BCUT2D eigenvalue weighted by Crippen LogP contribution is -2.46. The smallest absolute Gasteiger partial charge is 0.489 e. The number of pyridine rings is 1. The average molecular weight is 706 g/mol. The Morgan fingerprint density at radius 1 is 1.00 bits per heavy atom. The second-order valence-corrected chi connectivity index (χ2v) is 12.1. The number of rotatable bonds is 9. The topological polar surface area (TPSA) is 157 Å². The lowest BCUT2D eigenvalue weighted by molar-refractivity contribution is -0.196. The second kappa shape index (κ2) is 14.9. The van der Waals surface area contributed by atoms with Crippen molar-refractivity contribution < 1.29 is 46.7 Å². The molecule has 1 aromatic heterocycles. The van der Waals surface area contributed by atoms with Crippen LogP contribution in [0.2, 0.25) is 0 Å². The average Bonchev–Trinajstić information content (AvgIpc) is 3.63. The quantitative estimate of drug-likeness (QED) is 0.158. The molecule has 12 nitrogen and oxygen atoms in total. The van der Waals surface area contributed by atoms with Crippen molar-refractivity contribution in [2.45, 2.75) is 50.6 Å². The van der Waals surface area contributed by atoms with Gasteiger partial charge in [0.1, 0.15) is 17.9 Å². The number of nitrogens with one attached hydrogen (secondary N) is 3. The number of alkyl halides is 3. The fourth-order valence-electron chi connectivity index (χ4n) is 5.67. The number of oxime groups is 1. The van der Waals surface area contributed by atoms with Gasteiger partial charge in [-0.25, -0.2) is 9.59 Å². The number of nitrogens with zero attached hydrogens (tertiary/aromatic N) is 2. The molecule has 0 aliphatic carbocycles. The van der Waals surface area contributed by atoms with Gasteiger partial charge in [-0.15, -0.1) is 0 Å². The van der Waals surface area contributed by atoms with E-state index in [0.717, 1.165) is 27.7 Å². The summed E-state index contributed by atoms with van der Waals surface area (Å²) in [6.07, 6.45) is -4.38. The van der Waals surface area contributed by atoms with Crippen LogP contribution in [0.5, 0.6) is 5.75 Å². The molecule has 2 aliphatic rings. The normalized spacial score (nSPS) is 19.5. The fraction of sp³-hybridized carbons (Fsp3) is 0.278. The molecule has 15 heteroatoms. The second-order valence-electron chi connectivity index (χ2n) is 12.1. The van der Waals surface area contributed by atoms with Crippen molar-refractivity contribution >= 4 is 40.4 Å². The number of para-hydroxylation sites is 1. The highest BCUT2D eigenvalue weighted by atomic mass is 19.4. The molecule has 6 rings (SSSR count). The predicted octanol–water partition coefficient (Wildman–Crippen LogP) is 5.23. The maximum absolute atomic E-state index is 12.9. The Hall–Kier alpha value is -5.99. The van der Waals surface area contributed by atoms with Crippen LogP contribution in [0.1, 0.15) is 46.9 Å². The van der Waals surface area contributed by atoms with Crippen LogP contribution in [0.4, 0.5) is 18.0 Å². The first-order chi connectivity index (χ1) is 24.2. The van der Waals surface area contributed by atoms with Crippen molar-refractivity contribution in [1.82, 2.24) is 20.9 Å². The maximum atomic E-state index is 12.9. The van der Waals surface area contributed by atoms with Gasteiger partial charge < -0.3 is 24.9 Å². The molecule has 4 aromatic rings. The molecule has 4 amide bonds. The number of fused-ring (bicyclic) bond motifs is 1. The third-order valence-corrected chi connectivity index (χ3v) is 8.21. The highest BCUT2D eigenvalue weighted by Crippen LogP contribution is 2.38. The SMILES string of the molecule is COC(=O)C(F)(F)F.Cc1cc(COc2ccc(C3(CNC(=O)c4ccccc4)CC(CC4(C)NC(=O)NC4=O)=NO3)cc2)c2ccccc2n1. The zero-order valence-electron chi connectivity index (χ0n) is 27.8. The van der Waals surface area contributed by atoms with Crippen molar-refractivity contribution in [3.8, 4) is 5.75 Å². The third-order valence-electron chi connectivity index (χ3n) is 8.21. The standard InChI is InChI=1S/C33H31N5O5.C3H3F3O2/c1-21-16-23(27-10-6-7-11-28(27)35-21)19-42-26-14-12-24(13-15-26)33(20-34-29(39)22-8-4-3-5-9-22)18-25(38-43-33)17-32(2)30(40)36-31(41)37-32;1-8-2(7)3(4,5)6/h3-16H,17-20H2,1-2H3,(H,34,39)(H2,36,37,40,41);1H3. The van der Waals surface area contributed by atoms with Crippen LogP contribution in [-0.2, 0) is 31.4 Å². The summed E-state index contributed by atoms with van der Waals surface area (Å²) in [7, 11) is 0.676. The number of carbonyl (C=O) groups excluding carboxylic acids is 4. The molecular formula is C36H34F3N5O7. The largest absolute Gasteiger partial charge is 0.490 e. The number of amides is 4. The van der Waals surface area contributed by atoms with Gasteiger partial charge in [-0.05, 0) is 50.2 Å². The van der Waals surface area contributed by atoms with Gasteiger partial charge in [0.2, 0.25) is 0 Å². The van der Waals surface area contributed by atoms with Crippen LogP contribution in [-0.4, -0.2) is 59.9 Å². The van der Waals surface area contributed by atoms with Crippen molar-refractivity contribution in [2.24, 2.45) is 5.16 Å². The van der Waals surface area contributed by atoms with Crippen molar-refractivity contribution in [3.63, 3.8) is 0 Å². The Labute approximate surface area is 290 Å². The van der Waals surface area contributed by atoms with Crippen LogP contribution < -0.4 is 20.7 Å². The molecule has 3 N–H and O–H groups in total. The number of esters is 1. The van der Waals surface area contributed by atoms with Crippen LogP contribution in [0, 0.1) is 6.92 Å². The number of halogens is 3. The van der Waals surface area contributed by atoms with E-state index in [-0.39, 0.29) is 18.9 Å². The van der Waals surface area contributed by atoms with Gasteiger partial charge in [-0.1, -0.05) is 53.7 Å². The summed E-state index contributed by atoms with van der Waals surface area (Å²) >= 11 is 0. The van der Waals surface area contributed by atoms with Crippen LogP contribution in [0.3, 0.4) is 0 Å². The van der Waals surface area contributed by atoms with Crippen molar-refractivity contribution in [3.05, 3.63) is 107 Å². The number of ether oxygens (including phenoxy) is 2. The summed E-state index contributed by atoms with van der Waals surface area (Å²) < 4.78 is 42.4. The van der Waals surface area contributed by atoms with Crippen molar-refractivity contribution in [1.29, 1.82) is 0 Å². The molecule has 3 heterocycles. The minimum Gasteiger partial charge on any atom is -0.489 e. The van der Waals surface area contributed by atoms with Gasteiger partial charge in [0.25, 0.3) is 11.8 Å². The van der Waals surface area contributed by atoms with Gasteiger partial charge in [-0.2, -0.15) is 13.2 Å². The van der Waals surface area contributed by atoms with E-state index in [1.165, 1.54) is 0 Å². The Balaban J connectivity index is 0.000000565. The number of aromatic nitrogens is 1. The van der Waals surface area contributed by atoms with E-state index in [9.17, 15) is 32.3 Å². The first kappa shape index (κ1) is 36.3. The number of imide groups is 1. The van der Waals surface area contributed by atoms with E-state index in [1.54, 1.807) is 31.2 Å². The molecular weight excluding hydrogens is 671 g/mol. The molecule has 0 saturated carbocycles. The van der Waals surface area contributed by atoms with Crippen LogP contribution >= 0.6 is 0 Å². The minimum atomic E-state index is -4.85. The van der Waals surface area contributed by atoms with E-state index >= 15 is 0 Å². The Bertz CT molecular complexity index is 1970. The van der Waals surface area contributed by atoms with E-state index in [1.807, 2.05) is 67.6 Å². The summed E-state index contributed by atoms with van der Waals surface area (Å²) in [4.78, 5) is 57.3. The molecule has 2 unspecified atom stereocenters. The molecule has 266 valence electrons. The first-order valence-electron chi connectivity index (χ1n) is 15.7. The summed E-state index contributed by atoms with van der Waals surface area (Å²) in [5, 5.41) is 13.3. The molecule has 3 aromatic carbocycles. The number of benzene rings is 3. The molecule has 51 heavy (non-hydrogen) atoms. The number of urea groups is 1. The number of methoxy groups -OCH3 is 1. The number of hydrogen-bond acceptors (Lipinski definition) is 9. The maximum Gasteiger partial charge on any atom is 0.490 e. The van der Waals surface area contributed by atoms with Crippen molar-refractivity contribution in [2.75, 3.05) is 13.7 Å². The zero-order chi connectivity index (χ0) is 36.8. The lowest BCUT2D eigenvalue weighted by atomic mass is 9.84. The summed E-state index contributed by atoms with van der Waals surface area (Å²) in [5.41, 5.74) is 2.62. The number of carbonyl (C=O) groups is 4. The molecule has 0 radical (unpaired) electrons. The zero-order valence-corrected chi connectivity index (χ0v) is 27.8. The summed E-state index contributed by atoms with van der Waals surface area (Å²) in [6, 6.07) is 25.9. The Kier molecular flexibility index (Phi) is 10.6. The van der Waals surface area contributed by atoms with Gasteiger partial charge in [0, 0.05) is 40.6 Å². The molecule has 0 bridgehead atoms. The van der Waals surface area contributed by atoms with Gasteiger partial charge >= 0.3 is 18.2 Å². The molecule has 2 aliphatic heterocycles. The number of hydrogen-bond donors (Lipinski definition) is 3. The monoisotopic (exact) mass is 705 g/mol. The first-order valence-corrected chi connectivity index (χ1v) is 15.7. The van der Waals surface area contributed by atoms with Crippen LogP contribution in [0.15, 0.2) is 90.1 Å².